The molecule has 0 aliphatic heterocycles. The summed E-state index contributed by atoms with van der Waals surface area (Å²) in [5, 5.41) is 9.45. The Kier molecular flexibility index (Phi) is 4.35. The zero-order valence-electron chi connectivity index (χ0n) is 11.5. The highest BCUT2D eigenvalue weighted by atomic mass is 16.5. The van der Waals surface area contributed by atoms with Gasteiger partial charge in [-0.25, -0.2) is 0 Å². The molecule has 0 amide bonds. The van der Waals surface area contributed by atoms with E-state index in [0.29, 0.717) is 6.42 Å². The van der Waals surface area contributed by atoms with Crippen LogP contribution in [0.1, 0.15) is 22.7 Å². The number of pyridine rings is 1. The molecule has 0 aliphatic rings. The topological polar surface area (TPSA) is 59.4 Å². The molecule has 0 saturated carbocycles. The number of carboxylic acid groups (broad SMARTS) is 1. The Hall–Kier alpha value is -2.36. The van der Waals surface area contributed by atoms with Gasteiger partial charge in [0.15, 0.2) is 0 Å². The molecule has 0 saturated heterocycles. The van der Waals surface area contributed by atoms with Crippen molar-refractivity contribution in [2.24, 2.45) is 0 Å². The van der Waals surface area contributed by atoms with E-state index in [1.807, 2.05) is 37.3 Å². The van der Waals surface area contributed by atoms with Crippen molar-refractivity contribution in [3.05, 3.63) is 59.4 Å². The lowest BCUT2D eigenvalue weighted by molar-refractivity contribution is -0.138. The third kappa shape index (κ3) is 3.35. The van der Waals surface area contributed by atoms with Crippen LogP contribution in [0.2, 0.25) is 0 Å². The standard InChI is InChI=1S/C16H17NO3/c1-11-8-13(6-7-17-11)15(16(18)19)10-12-4-3-5-14(9-12)20-2/h3-9,15H,10H2,1-2H3,(H,18,19). The molecule has 0 bridgehead atoms. The van der Waals surface area contributed by atoms with E-state index in [9.17, 15) is 9.90 Å². The second kappa shape index (κ2) is 6.19. The molecule has 4 nitrogen and oxygen atoms in total. The molecule has 0 aliphatic carbocycles. The number of carboxylic acids is 1. The van der Waals surface area contributed by atoms with Crippen LogP contribution in [0.25, 0.3) is 0 Å². The van der Waals surface area contributed by atoms with Crippen molar-refractivity contribution in [2.45, 2.75) is 19.3 Å². The Morgan fingerprint density at radius 2 is 2.15 bits per heavy atom. The number of nitrogens with zero attached hydrogens (tertiary/aromatic N) is 1. The number of aryl methyl sites for hydroxylation is 1. The molecule has 1 N–H and O–H groups in total. The minimum Gasteiger partial charge on any atom is -0.497 e. The van der Waals surface area contributed by atoms with Crippen molar-refractivity contribution < 1.29 is 14.6 Å². The van der Waals surface area contributed by atoms with Crippen molar-refractivity contribution in [3.8, 4) is 5.75 Å². The van der Waals surface area contributed by atoms with E-state index < -0.39 is 11.9 Å². The Bertz CT molecular complexity index is 610. The first-order valence-corrected chi connectivity index (χ1v) is 6.38. The summed E-state index contributed by atoms with van der Waals surface area (Å²) < 4.78 is 5.16. The minimum atomic E-state index is -0.835. The molecule has 1 atom stereocenters. The maximum atomic E-state index is 11.5. The second-order valence-corrected chi connectivity index (χ2v) is 4.68. The van der Waals surface area contributed by atoms with Crippen LogP contribution in [0.4, 0.5) is 0 Å². The summed E-state index contributed by atoms with van der Waals surface area (Å²) in [7, 11) is 1.60. The van der Waals surface area contributed by atoms with Crippen LogP contribution in [0.15, 0.2) is 42.6 Å². The smallest absolute Gasteiger partial charge is 0.311 e. The predicted molar refractivity (Wildman–Crippen MR) is 76.0 cm³/mol. The van der Waals surface area contributed by atoms with E-state index in [4.69, 9.17) is 4.74 Å². The van der Waals surface area contributed by atoms with E-state index in [1.54, 1.807) is 19.4 Å². The van der Waals surface area contributed by atoms with Gasteiger partial charge in [-0.2, -0.15) is 0 Å². The third-order valence-electron chi connectivity index (χ3n) is 3.20. The van der Waals surface area contributed by atoms with E-state index in [2.05, 4.69) is 4.98 Å². The van der Waals surface area contributed by atoms with Gasteiger partial charge in [-0.05, 0) is 48.7 Å². The zero-order valence-corrected chi connectivity index (χ0v) is 11.5. The average Bonchev–Trinajstić information content (AvgIpc) is 2.44. The number of ether oxygens (including phenoxy) is 1. The minimum absolute atomic E-state index is 0.427. The molecule has 1 aromatic heterocycles. The maximum absolute atomic E-state index is 11.5. The van der Waals surface area contributed by atoms with Gasteiger partial charge in [0, 0.05) is 11.9 Å². The number of hydrogen-bond acceptors (Lipinski definition) is 3. The largest absolute Gasteiger partial charge is 0.497 e. The number of hydrogen-bond donors (Lipinski definition) is 1. The number of aromatic nitrogens is 1. The number of rotatable bonds is 5. The van der Waals surface area contributed by atoms with E-state index >= 15 is 0 Å². The summed E-state index contributed by atoms with van der Waals surface area (Å²) in [4.78, 5) is 15.6. The fraction of sp³-hybridized carbons (Fsp3) is 0.250. The van der Waals surface area contributed by atoms with Gasteiger partial charge in [0.2, 0.25) is 0 Å². The van der Waals surface area contributed by atoms with Gasteiger partial charge in [-0.15, -0.1) is 0 Å². The van der Waals surface area contributed by atoms with Crippen LogP contribution in [0, 0.1) is 6.92 Å². The molecule has 0 radical (unpaired) electrons. The van der Waals surface area contributed by atoms with Crippen molar-refractivity contribution in [3.63, 3.8) is 0 Å². The SMILES string of the molecule is COc1cccc(CC(C(=O)O)c2ccnc(C)c2)c1. The highest BCUT2D eigenvalue weighted by Gasteiger charge is 2.20. The molecule has 20 heavy (non-hydrogen) atoms. The summed E-state index contributed by atoms with van der Waals surface area (Å²) in [5.41, 5.74) is 2.53. The van der Waals surface area contributed by atoms with E-state index in [0.717, 1.165) is 22.6 Å². The average molecular weight is 271 g/mol. The van der Waals surface area contributed by atoms with Crippen LogP contribution < -0.4 is 4.74 Å². The first kappa shape index (κ1) is 14.1. The van der Waals surface area contributed by atoms with E-state index in [-0.39, 0.29) is 0 Å². The fourth-order valence-electron chi connectivity index (χ4n) is 2.17. The molecule has 4 heteroatoms. The predicted octanol–water partition coefficient (Wildman–Crippen LogP) is 2.81. The van der Waals surface area contributed by atoms with Gasteiger partial charge < -0.3 is 9.84 Å². The first-order valence-electron chi connectivity index (χ1n) is 6.38. The number of methoxy groups -OCH3 is 1. The van der Waals surface area contributed by atoms with Gasteiger partial charge in [-0.1, -0.05) is 12.1 Å². The van der Waals surface area contributed by atoms with Crippen molar-refractivity contribution in [1.82, 2.24) is 4.98 Å². The quantitative estimate of drug-likeness (QED) is 0.908. The molecule has 1 aromatic carbocycles. The van der Waals surface area contributed by atoms with Crippen molar-refractivity contribution >= 4 is 5.97 Å². The molecular formula is C16H17NO3. The highest BCUT2D eigenvalue weighted by molar-refractivity contribution is 5.76. The molecular weight excluding hydrogens is 254 g/mol. The molecule has 0 fully saturated rings. The van der Waals surface area contributed by atoms with Gasteiger partial charge in [0.1, 0.15) is 5.75 Å². The van der Waals surface area contributed by atoms with Crippen LogP contribution in [-0.4, -0.2) is 23.2 Å². The molecule has 1 unspecified atom stereocenters. The third-order valence-corrected chi connectivity index (χ3v) is 3.20. The molecule has 0 spiro atoms. The summed E-state index contributed by atoms with van der Waals surface area (Å²) in [6.07, 6.45) is 2.07. The van der Waals surface area contributed by atoms with Crippen LogP contribution in [0.3, 0.4) is 0 Å². The summed E-state index contributed by atoms with van der Waals surface area (Å²) in [6, 6.07) is 11.1. The lowest BCUT2D eigenvalue weighted by Crippen LogP contribution is -2.14. The van der Waals surface area contributed by atoms with Crippen LogP contribution in [0.5, 0.6) is 5.75 Å². The Labute approximate surface area is 118 Å². The second-order valence-electron chi connectivity index (χ2n) is 4.68. The molecule has 104 valence electrons. The summed E-state index contributed by atoms with van der Waals surface area (Å²) >= 11 is 0. The summed E-state index contributed by atoms with van der Waals surface area (Å²) in [6.45, 7) is 1.86. The molecule has 2 rings (SSSR count). The van der Waals surface area contributed by atoms with Crippen molar-refractivity contribution in [2.75, 3.05) is 7.11 Å². The zero-order chi connectivity index (χ0) is 14.5. The Morgan fingerprint density at radius 3 is 2.80 bits per heavy atom. The molecule has 1 heterocycles. The highest BCUT2D eigenvalue weighted by Crippen LogP contribution is 2.23. The number of aliphatic carboxylic acids is 1. The van der Waals surface area contributed by atoms with E-state index in [1.165, 1.54) is 0 Å². The number of benzene rings is 1. The number of carbonyl (C=O) groups is 1. The maximum Gasteiger partial charge on any atom is 0.311 e. The first-order chi connectivity index (χ1) is 9.60. The lowest BCUT2D eigenvalue weighted by atomic mass is 9.92. The fourth-order valence-corrected chi connectivity index (χ4v) is 2.17. The Balaban J connectivity index is 2.28. The summed E-state index contributed by atoms with van der Waals surface area (Å²) in [5.74, 6) is -0.681. The van der Waals surface area contributed by atoms with Gasteiger partial charge in [0.05, 0.1) is 13.0 Å². The lowest BCUT2D eigenvalue weighted by Gasteiger charge is -2.14. The van der Waals surface area contributed by atoms with Gasteiger partial charge >= 0.3 is 5.97 Å². The van der Waals surface area contributed by atoms with Crippen LogP contribution >= 0.6 is 0 Å². The molecule has 2 aromatic rings. The normalized spacial score (nSPS) is 11.9. The Morgan fingerprint density at radius 1 is 1.35 bits per heavy atom. The van der Waals surface area contributed by atoms with Crippen molar-refractivity contribution in [1.29, 1.82) is 0 Å². The van der Waals surface area contributed by atoms with Crippen LogP contribution in [-0.2, 0) is 11.2 Å². The monoisotopic (exact) mass is 271 g/mol. The van der Waals surface area contributed by atoms with Gasteiger partial charge in [-0.3, -0.25) is 9.78 Å². The van der Waals surface area contributed by atoms with Gasteiger partial charge in [0.25, 0.3) is 0 Å².